The standard InChI is InChI=1S/C12H6Cl2F3NO3S2/c13-6-1-2-7(8(14)5-6)11(19)18-23(20,21)10-4-3-9(22-10)12(15,16)17/h1-5H,(H,18,19). The summed E-state index contributed by atoms with van der Waals surface area (Å²) in [6, 6.07) is 5.15. The Hall–Kier alpha value is -1.29. The molecule has 0 spiro atoms. The first-order chi connectivity index (χ1) is 10.5. The van der Waals surface area contributed by atoms with E-state index in [-0.39, 0.29) is 26.9 Å². The zero-order chi connectivity index (χ0) is 17.4. The average Bonchev–Trinajstić information content (AvgIpc) is 2.87. The first kappa shape index (κ1) is 18.1. The van der Waals surface area contributed by atoms with Crippen molar-refractivity contribution in [1.29, 1.82) is 0 Å². The number of hydrogen-bond donors (Lipinski definition) is 1. The largest absolute Gasteiger partial charge is 0.425 e. The molecule has 0 fully saturated rings. The van der Waals surface area contributed by atoms with Gasteiger partial charge in [0.15, 0.2) is 0 Å². The molecule has 1 aromatic heterocycles. The Labute approximate surface area is 142 Å². The smallest absolute Gasteiger partial charge is 0.268 e. The normalized spacial score (nSPS) is 12.2. The molecular formula is C12H6Cl2F3NO3S2. The maximum absolute atomic E-state index is 12.5. The Kier molecular flexibility index (Phi) is 4.95. The van der Waals surface area contributed by atoms with Gasteiger partial charge in [-0.1, -0.05) is 23.2 Å². The molecule has 124 valence electrons. The summed E-state index contributed by atoms with van der Waals surface area (Å²) >= 11 is 11.4. The summed E-state index contributed by atoms with van der Waals surface area (Å²) in [6.45, 7) is 0. The topological polar surface area (TPSA) is 63.2 Å². The highest BCUT2D eigenvalue weighted by Crippen LogP contribution is 2.36. The molecule has 0 aliphatic carbocycles. The predicted molar refractivity (Wildman–Crippen MR) is 80.4 cm³/mol. The number of carbonyl (C=O) groups excluding carboxylic acids is 1. The number of nitrogens with one attached hydrogen (secondary N) is 1. The zero-order valence-corrected chi connectivity index (χ0v) is 14.0. The van der Waals surface area contributed by atoms with E-state index in [9.17, 15) is 26.4 Å². The van der Waals surface area contributed by atoms with Gasteiger partial charge in [-0.15, -0.1) is 11.3 Å². The molecule has 0 radical (unpaired) electrons. The van der Waals surface area contributed by atoms with Crippen molar-refractivity contribution < 1.29 is 26.4 Å². The van der Waals surface area contributed by atoms with E-state index in [0.717, 1.165) is 6.07 Å². The second-order valence-electron chi connectivity index (χ2n) is 4.18. The number of amides is 1. The molecule has 2 aromatic rings. The third kappa shape index (κ3) is 4.17. The highest BCUT2D eigenvalue weighted by Gasteiger charge is 2.34. The van der Waals surface area contributed by atoms with Gasteiger partial charge in [0.2, 0.25) is 0 Å². The fourth-order valence-corrected chi connectivity index (χ4v) is 4.15. The fraction of sp³-hybridized carbons (Fsp3) is 0.0833. The molecule has 23 heavy (non-hydrogen) atoms. The number of halogens is 5. The summed E-state index contributed by atoms with van der Waals surface area (Å²) in [6.07, 6.45) is -4.66. The van der Waals surface area contributed by atoms with Gasteiger partial charge in [0.05, 0.1) is 10.6 Å². The Morgan fingerprint density at radius 2 is 1.78 bits per heavy atom. The molecule has 0 aliphatic rings. The second kappa shape index (κ2) is 6.31. The molecule has 0 unspecified atom stereocenters. The Morgan fingerprint density at radius 3 is 2.30 bits per heavy atom. The molecule has 0 bridgehead atoms. The summed E-state index contributed by atoms with van der Waals surface area (Å²) in [5.74, 6) is -1.08. The van der Waals surface area contributed by atoms with Crippen molar-refractivity contribution in [2.45, 2.75) is 10.4 Å². The van der Waals surface area contributed by atoms with Crippen molar-refractivity contribution in [2.75, 3.05) is 0 Å². The molecule has 11 heteroatoms. The fourth-order valence-electron chi connectivity index (χ4n) is 1.52. The van der Waals surface area contributed by atoms with Crippen LogP contribution in [-0.4, -0.2) is 14.3 Å². The van der Waals surface area contributed by atoms with Gasteiger partial charge in [-0.3, -0.25) is 4.79 Å². The third-order valence-electron chi connectivity index (χ3n) is 2.53. The van der Waals surface area contributed by atoms with Gasteiger partial charge in [-0.25, -0.2) is 13.1 Å². The van der Waals surface area contributed by atoms with Crippen molar-refractivity contribution in [2.24, 2.45) is 0 Å². The van der Waals surface area contributed by atoms with E-state index < -0.39 is 31.2 Å². The summed E-state index contributed by atoms with van der Waals surface area (Å²) in [7, 11) is -4.45. The Bertz CT molecular complexity index is 863. The summed E-state index contributed by atoms with van der Waals surface area (Å²) in [5.41, 5.74) is -0.174. The van der Waals surface area contributed by atoms with Crippen LogP contribution >= 0.6 is 34.5 Å². The van der Waals surface area contributed by atoms with Gasteiger partial charge in [-0.05, 0) is 30.3 Å². The molecule has 0 atom stereocenters. The van der Waals surface area contributed by atoms with Crippen molar-refractivity contribution in [3.63, 3.8) is 0 Å². The molecule has 1 N–H and O–H groups in total. The third-order valence-corrected chi connectivity index (χ3v) is 6.03. The summed E-state index contributed by atoms with van der Waals surface area (Å²) < 4.78 is 62.5. The molecule has 4 nitrogen and oxygen atoms in total. The van der Waals surface area contributed by atoms with Gasteiger partial charge < -0.3 is 0 Å². The molecule has 1 aromatic carbocycles. The van der Waals surface area contributed by atoms with Crippen LogP contribution in [0.3, 0.4) is 0 Å². The molecule has 0 aliphatic heterocycles. The van der Waals surface area contributed by atoms with E-state index in [1.165, 1.54) is 18.2 Å². The summed E-state index contributed by atoms with van der Waals surface area (Å²) in [4.78, 5) is 10.8. The first-order valence-corrected chi connectivity index (χ1v) is 8.75. The summed E-state index contributed by atoms with van der Waals surface area (Å²) in [5, 5.41) is 0.148. The van der Waals surface area contributed by atoms with Crippen LogP contribution in [0, 0.1) is 0 Å². The first-order valence-electron chi connectivity index (χ1n) is 5.70. The Morgan fingerprint density at radius 1 is 1.13 bits per heavy atom. The monoisotopic (exact) mass is 403 g/mol. The minimum Gasteiger partial charge on any atom is -0.268 e. The average molecular weight is 404 g/mol. The van der Waals surface area contributed by atoms with Crippen LogP contribution in [0.2, 0.25) is 10.0 Å². The van der Waals surface area contributed by atoms with E-state index in [4.69, 9.17) is 23.2 Å². The van der Waals surface area contributed by atoms with Gasteiger partial charge in [0.25, 0.3) is 15.9 Å². The highest BCUT2D eigenvalue weighted by molar-refractivity contribution is 7.92. The van der Waals surface area contributed by atoms with Crippen molar-refractivity contribution in [3.8, 4) is 0 Å². The molecule has 0 saturated heterocycles. The number of alkyl halides is 3. The maximum atomic E-state index is 12.5. The molecular weight excluding hydrogens is 398 g/mol. The van der Waals surface area contributed by atoms with Crippen molar-refractivity contribution in [1.82, 2.24) is 4.72 Å². The lowest BCUT2D eigenvalue weighted by Gasteiger charge is -2.07. The molecule has 1 heterocycles. The lowest BCUT2D eigenvalue weighted by molar-refractivity contribution is -0.134. The number of hydrogen-bond acceptors (Lipinski definition) is 4. The van der Waals surface area contributed by atoms with E-state index in [2.05, 4.69) is 0 Å². The van der Waals surface area contributed by atoms with E-state index in [1.54, 1.807) is 4.72 Å². The molecule has 0 saturated carbocycles. The highest BCUT2D eigenvalue weighted by atomic mass is 35.5. The van der Waals surface area contributed by atoms with Gasteiger partial charge in [0, 0.05) is 5.02 Å². The van der Waals surface area contributed by atoms with Crippen molar-refractivity contribution in [3.05, 3.63) is 50.8 Å². The zero-order valence-electron chi connectivity index (χ0n) is 10.8. The number of rotatable bonds is 3. The van der Waals surface area contributed by atoms with E-state index >= 15 is 0 Å². The number of benzene rings is 1. The van der Waals surface area contributed by atoms with Crippen LogP contribution in [0.15, 0.2) is 34.5 Å². The van der Waals surface area contributed by atoms with Gasteiger partial charge >= 0.3 is 6.18 Å². The van der Waals surface area contributed by atoms with E-state index in [1.807, 2.05) is 0 Å². The minimum atomic E-state index is -4.66. The van der Waals surface area contributed by atoms with Gasteiger partial charge in [0.1, 0.15) is 9.09 Å². The van der Waals surface area contributed by atoms with Crippen LogP contribution < -0.4 is 4.72 Å². The van der Waals surface area contributed by atoms with Crippen LogP contribution in [0.1, 0.15) is 15.2 Å². The van der Waals surface area contributed by atoms with Crippen LogP contribution in [-0.2, 0) is 16.2 Å². The molecule has 1 amide bonds. The maximum Gasteiger partial charge on any atom is 0.425 e. The number of sulfonamides is 1. The Balaban J connectivity index is 2.27. The van der Waals surface area contributed by atoms with Crippen LogP contribution in [0.4, 0.5) is 13.2 Å². The lowest BCUT2D eigenvalue weighted by Crippen LogP contribution is -2.30. The second-order valence-corrected chi connectivity index (χ2v) is 8.01. The van der Waals surface area contributed by atoms with E-state index in [0.29, 0.717) is 6.07 Å². The number of carbonyl (C=O) groups is 1. The minimum absolute atomic E-state index is 0.00881. The quantitative estimate of drug-likeness (QED) is 0.835. The SMILES string of the molecule is O=C(NS(=O)(=O)c1ccc(C(F)(F)F)s1)c1ccc(Cl)cc1Cl. The number of thiophene rings is 1. The lowest BCUT2D eigenvalue weighted by atomic mass is 10.2. The van der Waals surface area contributed by atoms with Crippen LogP contribution in [0.25, 0.3) is 0 Å². The van der Waals surface area contributed by atoms with Crippen LogP contribution in [0.5, 0.6) is 0 Å². The predicted octanol–water partition coefficient (Wildman–Crippen LogP) is 4.19. The van der Waals surface area contributed by atoms with Crippen molar-refractivity contribution >= 4 is 50.5 Å². The van der Waals surface area contributed by atoms with Gasteiger partial charge in [-0.2, -0.15) is 13.2 Å². The molecule has 2 rings (SSSR count).